The monoisotopic (exact) mass is 1700 g/mol. The summed E-state index contributed by atoms with van der Waals surface area (Å²) in [5, 5.41) is 16.2. The number of aromatic nitrogens is 9. The van der Waals surface area contributed by atoms with Crippen molar-refractivity contribution >= 4 is 90.7 Å². The molecule has 5 aromatic carbocycles. The average molecular weight is 1700 g/mol. The summed E-state index contributed by atoms with van der Waals surface area (Å²) in [5.41, 5.74) is 10.8. The van der Waals surface area contributed by atoms with Crippen molar-refractivity contribution in [2.75, 3.05) is 63.5 Å². The normalized spacial score (nSPS) is 14.5. The molecular formula is C88H86F7LiN14O14. The zero-order valence-corrected chi connectivity index (χ0v) is 66.9. The van der Waals surface area contributed by atoms with Crippen LogP contribution in [0.15, 0.2) is 185 Å². The molecule has 2 aliphatic heterocycles. The second-order valence-corrected chi connectivity index (χ2v) is 28.9. The van der Waals surface area contributed by atoms with Crippen LogP contribution in [0.2, 0.25) is 0 Å². The Labute approximate surface area is 715 Å². The third kappa shape index (κ3) is 18.6. The number of carboxylic acid groups (broad SMARTS) is 1. The quantitative estimate of drug-likeness (QED) is 0.0358. The van der Waals surface area contributed by atoms with Gasteiger partial charge in [-0.05, 0) is 147 Å². The summed E-state index contributed by atoms with van der Waals surface area (Å²) in [6.07, 6.45) is 9.32. The minimum atomic E-state index is -1.57. The van der Waals surface area contributed by atoms with E-state index in [0.29, 0.717) is 123 Å². The zero-order chi connectivity index (χ0) is 85.4. The topological polar surface area (TPSA) is 347 Å². The molecule has 6 N–H and O–H groups in total. The number of nitrogens with two attached hydrogens (primary N) is 1. The Morgan fingerprint density at radius 3 is 1.12 bits per heavy atom. The number of carbonyl (C=O) groups is 5. The summed E-state index contributed by atoms with van der Waals surface area (Å²) in [6, 6.07) is 27.7. The molecule has 642 valence electrons. The minimum Gasteiger partial charge on any atom is -0.870 e. The molecule has 11 heterocycles. The van der Waals surface area contributed by atoms with Crippen molar-refractivity contribution in [2.24, 2.45) is 26.9 Å². The number of rotatable bonds is 18. The summed E-state index contributed by atoms with van der Waals surface area (Å²) in [6.45, 7) is 6.14. The average Bonchev–Trinajstić information content (AvgIpc) is 0.837. The first-order valence-electron chi connectivity index (χ1n) is 37.7. The molecule has 14 aromatic rings. The number of anilines is 2. The first kappa shape index (κ1) is 93.0. The number of nitrogens with zero attached hydrogens (tertiary/aromatic N) is 11. The number of methoxy groups -OCH3 is 2. The van der Waals surface area contributed by atoms with E-state index in [4.69, 9.17) is 19.9 Å². The Morgan fingerprint density at radius 2 is 0.798 bits per heavy atom. The number of fused-ring (bicyclic) bond motifs is 6. The Kier molecular flexibility index (Phi) is 29.1. The van der Waals surface area contributed by atoms with E-state index in [1.54, 1.807) is 130 Å². The SMILES string of the molecule is C.C.COC(=O)[C@@H](N)Cc1ccc(-c2cc3cc(F)ccc3n(C)c2=O)c2nccn12.COC(=O)[C@H](Cc1ccc(-c2cc3cc(F)ccc3n(C)c2=O)c2nccn12)NC(=O)c1c(F)cc(N2CCOC[C@@H]2C)cc1F.C[C@H]1COCCN1c1cc(F)c(C(=O)N[C@@H](Cc2ccc(-c3cc4cc(F)ccc4n(C)c3=O)c3nccn23)C(=O)O)c(F)c1.[Li+].[OH-]. The van der Waals surface area contributed by atoms with Gasteiger partial charge in [0.2, 0.25) is 0 Å². The molecule has 2 saturated heterocycles. The first-order chi connectivity index (χ1) is 57.5. The smallest absolute Gasteiger partial charge is 0.870 e. The number of esters is 2. The third-order valence-corrected chi connectivity index (χ3v) is 21.4. The summed E-state index contributed by atoms with van der Waals surface area (Å²) in [4.78, 5) is 119. The number of halogens is 7. The van der Waals surface area contributed by atoms with Gasteiger partial charge in [-0.2, -0.15) is 0 Å². The maximum Gasteiger partial charge on any atom is 1.00 e. The number of aryl methyl sites for hydroxylation is 3. The molecule has 0 spiro atoms. The van der Waals surface area contributed by atoms with E-state index < -0.39 is 93.9 Å². The van der Waals surface area contributed by atoms with Crippen LogP contribution in [0.25, 0.3) is 83.0 Å². The van der Waals surface area contributed by atoms with Gasteiger partial charge >= 0.3 is 36.8 Å². The van der Waals surface area contributed by atoms with Crippen LogP contribution in [-0.2, 0) is 73.7 Å². The number of carbonyl (C=O) groups excluding carboxylic acids is 4. The molecule has 9 aromatic heterocycles. The largest absolute Gasteiger partial charge is 1.00 e. The fraction of sp³-hybridized carbons (Fsp3) is 0.261. The summed E-state index contributed by atoms with van der Waals surface area (Å²) < 4.78 is 132. The predicted octanol–water partition coefficient (Wildman–Crippen LogP) is 8.07. The van der Waals surface area contributed by atoms with Crippen molar-refractivity contribution < 1.29 is 103 Å². The standard InChI is InChI=1S/C33H30F3N5O5.C32H28F3N5O5.C21H19FN4O3.2CH4.Li.H2O/c1-18-17-46-11-10-40(18)22-14-25(35)29(26(36)15-22)31(42)38-27(33(44)45-3)16-21-5-6-23(30-37-8-9-41(21)30)24-13-19-12-20(34)4-7-28(19)39(2)32(24)43;1-17-16-45-10-9-39(17)21-13-24(34)28(25(35)14-21)30(41)37-26(32(43)44)15-20-4-5-22(29-36-7-8-40(20)29)23-12-18-11-19(33)3-6-27(18)38(2)31(23)42;1-25-18-6-3-13(22)9-12(18)10-16(20(25)27)15-5-4-14(11-17(23)21(28)29-2)26-8-7-24-19(15)26;;;;/h4-9,12-15,18,27H,10-11,16-17H2,1-3H3,(H,38,42);3-8,11-14,17,26H,9-10,15-16H2,1-2H3,(H,37,41)(H,43,44);3-10,17H,11,23H2,1-2H3;2*1H4;;1H2/q;;;;;+1;/p-1/t18-,27-;17-,26-;17-;;;;/m000..../s1. The number of aliphatic carboxylic acids is 1. The van der Waals surface area contributed by atoms with Gasteiger partial charge in [0.15, 0.2) is 0 Å². The summed E-state index contributed by atoms with van der Waals surface area (Å²) in [5.74, 6) is -10.8. The van der Waals surface area contributed by atoms with Gasteiger partial charge in [-0.15, -0.1) is 0 Å². The number of nitrogens with one attached hydrogen (secondary N) is 2. The molecule has 0 unspecified atom stereocenters. The number of ether oxygens (including phenoxy) is 4. The molecule has 28 nitrogen and oxygen atoms in total. The Balaban J connectivity index is 0.000000196. The van der Waals surface area contributed by atoms with Crippen LogP contribution in [0.3, 0.4) is 0 Å². The third-order valence-electron chi connectivity index (χ3n) is 21.4. The van der Waals surface area contributed by atoms with Crippen molar-refractivity contribution in [3.05, 3.63) is 271 Å². The van der Waals surface area contributed by atoms with Crippen molar-refractivity contribution in [3.63, 3.8) is 0 Å². The van der Waals surface area contributed by atoms with E-state index in [1.165, 1.54) is 81.7 Å². The summed E-state index contributed by atoms with van der Waals surface area (Å²) in [7, 11) is 7.24. The van der Waals surface area contributed by atoms with E-state index in [1.807, 2.05) is 13.8 Å². The van der Waals surface area contributed by atoms with Crippen molar-refractivity contribution in [1.82, 2.24) is 52.5 Å². The van der Waals surface area contributed by atoms with Gasteiger partial charge in [0.05, 0.1) is 73.9 Å². The number of amides is 2. The second-order valence-electron chi connectivity index (χ2n) is 28.9. The molecule has 0 saturated carbocycles. The molecule has 0 bridgehead atoms. The zero-order valence-electron chi connectivity index (χ0n) is 66.9. The fourth-order valence-electron chi connectivity index (χ4n) is 15.3. The maximum atomic E-state index is 15.2. The van der Waals surface area contributed by atoms with Crippen LogP contribution in [0.1, 0.15) is 66.5 Å². The number of hydrogen-bond donors (Lipinski definition) is 4. The molecule has 0 radical (unpaired) electrons. The molecule has 0 aliphatic carbocycles. The van der Waals surface area contributed by atoms with Crippen molar-refractivity contribution in [2.45, 2.75) is 78.2 Å². The van der Waals surface area contributed by atoms with Crippen molar-refractivity contribution in [1.29, 1.82) is 0 Å². The van der Waals surface area contributed by atoms with Crippen LogP contribution in [0, 0.1) is 40.7 Å². The van der Waals surface area contributed by atoms with Crippen LogP contribution in [-0.4, -0.2) is 166 Å². The van der Waals surface area contributed by atoms with Crippen LogP contribution < -0.4 is 61.7 Å². The van der Waals surface area contributed by atoms with E-state index in [9.17, 15) is 56.6 Å². The van der Waals surface area contributed by atoms with Gasteiger partial charge in [0.1, 0.15) is 86.9 Å². The van der Waals surface area contributed by atoms with E-state index in [2.05, 4.69) is 30.3 Å². The Morgan fingerprint density at radius 1 is 0.476 bits per heavy atom. The van der Waals surface area contributed by atoms with E-state index >= 15 is 17.6 Å². The van der Waals surface area contributed by atoms with Gasteiger partial charge in [0, 0.05) is 164 Å². The number of imidazole rings is 3. The van der Waals surface area contributed by atoms with Crippen LogP contribution in [0.4, 0.5) is 42.1 Å². The fourth-order valence-corrected chi connectivity index (χ4v) is 15.3. The van der Waals surface area contributed by atoms with E-state index in [-0.39, 0.29) is 116 Å². The molecule has 16 rings (SSSR count). The number of benzene rings is 5. The number of carboxylic acids is 1. The summed E-state index contributed by atoms with van der Waals surface area (Å²) >= 11 is 0. The van der Waals surface area contributed by atoms with Crippen LogP contribution >= 0.6 is 0 Å². The van der Waals surface area contributed by atoms with Gasteiger partial charge in [-0.1, -0.05) is 14.9 Å². The predicted molar refractivity (Wildman–Crippen MR) is 447 cm³/mol. The molecule has 36 heteroatoms. The number of pyridine rings is 6. The molecule has 5 atom stereocenters. The van der Waals surface area contributed by atoms with Gasteiger partial charge in [-0.3, -0.25) is 28.8 Å². The van der Waals surface area contributed by atoms with Gasteiger partial charge in [-0.25, -0.2) is 55.3 Å². The Hall–Kier alpha value is -13.3. The molecule has 2 aliphatic rings. The second kappa shape index (κ2) is 38.8. The number of hydrogen-bond acceptors (Lipinski definition) is 19. The van der Waals surface area contributed by atoms with Crippen molar-refractivity contribution in [3.8, 4) is 33.4 Å². The Bertz CT molecular complexity index is 6610. The van der Waals surface area contributed by atoms with Gasteiger partial charge < -0.3 is 82.6 Å². The number of morpholine rings is 2. The molecule has 124 heavy (non-hydrogen) atoms. The maximum absolute atomic E-state index is 15.2. The molecule has 2 fully saturated rings. The van der Waals surface area contributed by atoms with Gasteiger partial charge in [0.25, 0.3) is 28.5 Å². The molecular weight excluding hydrogens is 1620 g/mol. The first-order valence-corrected chi connectivity index (χ1v) is 37.7. The van der Waals surface area contributed by atoms with Crippen LogP contribution in [0.5, 0.6) is 0 Å². The molecule has 2 amide bonds. The van der Waals surface area contributed by atoms with E-state index in [0.717, 1.165) is 37.1 Å². The minimum absolute atomic E-state index is 0.